The van der Waals surface area contributed by atoms with Crippen molar-refractivity contribution in [2.75, 3.05) is 11.1 Å². The molecule has 2 N–H and O–H groups in total. The minimum absolute atomic E-state index is 0.112. The van der Waals surface area contributed by atoms with E-state index in [1.54, 1.807) is 11.8 Å². The summed E-state index contributed by atoms with van der Waals surface area (Å²) in [6.07, 6.45) is 0.456. The lowest BCUT2D eigenvalue weighted by atomic mass is 10.2. The average molecular weight is 459 g/mol. The van der Waals surface area contributed by atoms with Crippen LogP contribution in [0.25, 0.3) is 10.2 Å². The Labute approximate surface area is 187 Å². The highest BCUT2D eigenvalue weighted by atomic mass is 32.2. The van der Waals surface area contributed by atoms with Crippen molar-refractivity contribution < 1.29 is 4.79 Å². The van der Waals surface area contributed by atoms with Crippen molar-refractivity contribution in [2.24, 2.45) is 0 Å². The van der Waals surface area contributed by atoms with Crippen molar-refractivity contribution in [2.45, 2.75) is 43.1 Å². The maximum Gasteiger partial charge on any atom is 0.259 e. The van der Waals surface area contributed by atoms with Crippen LogP contribution in [0.5, 0.6) is 0 Å². The number of nitrogens with zero attached hydrogens (tertiary/aromatic N) is 2. The van der Waals surface area contributed by atoms with Crippen LogP contribution in [0.2, 0.25) is 0 Å². The number of thioether (sulfide) groups is 2. The van der Waals surface area contributed by atoms with Crippen molar-refractivity contribution in [3.63, 3.8) is 0 Å². The molecule has 0 bridgehead atoms. The molecule has 0 aliphatic heterocycles. The highest BCUT2D eigenvalue weighted by molar-refractivity contribution is 8.00. The molecule has 0 saturated carbocycles. The number of H-pyrrole nitrogens is 1. The van der Waals surface area contributed by atoms with Gasteiger partial charge in [0.05, 0.1) is 28.1 Å². The third-order valence-corrected chi connectivity index (χ3v) is 7.87. The number of aromatic nitrogens is 2. The molecular weight excluding hydrogens is 436 g/mol. The third kappa shape index (κ3) is 5.25. The first-order chi connectivity index (χ1) is 14.4. The first kappa shape index (κ1) is 22.4. The second kappa shape index (κ2) is 10.2. The summed E-state index contributed by atoms with van der Waals surface area (Å²) in [5, 5.41) is 12.0. The van der Waals surface area contributed by atoms with Crippen molar-refractivity contribution in [3.05, 3.63) is 50.9 Å². The number of carbonyl (C=O) groups excluding carboxylic acids is 1. The van der Waals surface area contributed by atoms with Gasteiger partial charge in [-0.25, -0.2) is 4.98 Å². The van der Waals surface area contributed by atoms with Gasteiger partial charge in [0, 0.05) is 21.9 Å². The van der Waals surface area contributed by atoms with Crippen molar-refractivity contribution in [1.82, 2.24) is 9.97 Å². The molecule has 0 radical (unpaired) electrons. The van der Waals surface area contributed by atoms with Gasteiger partial charge in [-0.1, -0.05) is 12.1 Å². The molecule has 0 spiro atoms. The van der Waals surface area contributed by atoms with E-state index in [9.17, 15) is 9.59 Å². The zero-order valence-electron chi connectivity index (χ0n) is 16.9. The molecule has 156 valence electrons. The van der Waals surface area contributed by atoms with Gasteiger partial charge in [0.15, 0.2) is 0 Å². The van der Waals surface area contributed by atoms with Gasteiger partial charge in [-0.05, 0) is 38.5 Å². The van der Waals surface area contributed by atoms with Gasteiger partial charge >= 0.3 is 0 Å². The standard InChI is InChI=1S/C21H22N4O2S3/c1-12-13(2)30-21-18(12)20(27)24-17(25-21)11-29-14(3)19(26)23-15-7-4-5-8-16(15)28-10-6-9-22/h4-5,7-8,14H,6,10-11H2,1-3H3,(H,23,26)(H,24,25,27)/t14-/m1/s1. The number of carbonyl (C=O) groups is 1. The molecule has 0 aliphatic carbocycles. The number of para-hydroxylation sites is 1. The van der Waals surface area contributed by atoms with E-state index >= 15 is 0 Å². The Bertz CT molecular complexity index is 1160. The Morgan fingerprint density at radius 3 is 2.90 bits per heavy atom. The topological polar surface area (TPSA) is 98.6 Å². The van der Waals surface area contributed by atoms with Crippen LogP contribution in [-0.2, 0) is 10.5 Å². The molecule has 0 unspecified atom stereocenters. The largest absolute Gasteiger partial charge is 0.324 e. The lowest BCUT2D eigenvalue weighted by Gasteiger charge is -2.14. The maximum atomic E-state index is 12.7. The van der Waals surface area contributed by atoms with Crippen molar-refractivity contribution in [3.8, 4) is 6.07 Å². The number of nitrogens with one attached hydrogen (secondary N) is 2. The van der Waals surface area contributed by atoms with Gasteiger partial charge in [-0.15, -0.1) is 34.9 Å². The second-order valence-electron chi connectivity index (χ2n) is 6.67. The van der Waals surface area contributed by atoms with E-state index in [-0.39, 0.29) is 16.7 Å². The van der Waals surface area contributed by atoms with Gasteiger partial charge in [0.25, 0.3) is 5.56 Å². The van der Waals surface area contributed by atoms with Gasteiger partial charge in [-0.3, -0.25) is 9.59 Å². The smallest absolute Gasteiger partial charge is 0.259 e. The van der Waals surface area contributed by atoms with Gasteiger partial charge in [-0.2, -0.15) is 5.26 Å². The molecule has 30 heavy (non-hydrogen) atoms. The monoisotopic (exact) mass is 458 g/mol. The highest BCUT2D eigenvalue weighted by Gasteiger charge is 2.17. The molecule has 0 fully saturated rings. The molecule has 0 saturated heterocycles. The molecule has 3 aromatic rings. The number of hydrogen-bond donors (Lipinski definition) is 2. The zero-order chi connectivity index (χ0) is 21.7. The predicted molar refractivity (Wildman–Crippen MR) is 126 cm³/mol. The zero-order valence-corrected chi connectivity index (χ0v) is 19.4. The van der Waals surface area contributed by atoms with Crippen LogP contribution in [0.4, 0.5) is 5.69 Å². The third-order valence-electron chi connectivity index (χ3n) is 4.54. The number of anilines is 1. The number of hydrogen-bond acceptors (Lipinski definition) is 7. The molecule has 2 aromatic heterocycles. The van der Waals surface area contributed by atoms with Crippen LogP contribution in [0, 0.1) is 25.2 Å². The lowest BCUT2D eigenvalue weighted by molar-refractivity contribution is -0.115. The van der Waals surface area contributed by atoms with E-state index in [4.69, 9.17) is 5.26 Å². The molecule has 6 nitrogen and oxygen atoms in total. The van der Waals surface area contributed by atoms with E-state index in [1.807, 2.05) is 45.0 Å². The first-order valence-electron chi connectivity index (χ1n) is 9.40. The number of rotatable bonds is 8. The molecule has 3 rings (SSSR count). The van der Waals surface area contributed by atoms with E-state index in [0.717, 1.165) is 25.9 Å². The number of amides is 1. The van der Waals surface area contributed by atoms with Crippen LogP contribution in [0.3, 0.4) is 0 Å². The number of benzene rings is 1. The van der Waals surface area contributed by atoms with Crippen LogP contribution >= 0.6 is 34.9 Å². The van der Waals surface area contributed by atoms with E-state index in [0.29, 0.717) is 29.1 Å². The van der Waals surface area contributed by atoms with E-state index in [2.05, 4.69) is 21.4 Å². The fourth-order valence-corrected chi connectivity index (χ4v) is 5.45. The summed E-state index contributed by atoms with van der Waals surface area (Å²) < 4.78 is 0. The van der Waals surface area contributed by atoms with Gasteiger partial charge < -0.3 is 10.3 Å². The number of nitriles is 1. The summed E-state index contributed by atoms with van der Waals surface area (Å²) in [4.78, 5) is 35.2. The minimum Gasteiger partial charge on any atom is -0.324 e. The van der Waals surface area contributed by atoms with E-state index < -0.39 is 0 Å². The average Bonchev–Trinajstić information content (AvgIpc) is 3.01. The van der Waals surface area contributed by atoms with E-state index in [1.165, 1.54) is 23.1 Å². The van der Waals surface area contributed by atoms with Crippen LogP contribution in [0.1, 0.15) is 29.6 Å². The Hall–Kier alpha value is -2.28. The predicted octanol–water partition coefficient (Wildman–Crippen LogP) is 4.87. The Balaban J connectivity index is 1.64. The molecular formula is C21H22N4O2S3. The van der Waals surface area contributed by atoms with Crippen LogP contribution in [0.15, 0.2) is 34.0 Å². The SMILES string of the molecule is Cc1sc2nc(CS[C@H](C)C(=O)Nc3ccccc3SCCC#N)[nH]c(=O)c2c1C. The maximum absolute atomic E-state index is 12.7. The lowest BCUT2D eigenvalue weighted by Crippen LogP contribution is -2.23. The van der Waals surface area contributed by atoms with Gasteiger partial charge in [0.2, 0.25) is 5.91 Å². The minimum atomic E-state index is -0.324. The van der Waals surface area contributed by atoms with Crippen molar-refractivity contribution >= 4 is 56.7 Å². The molecule has 1 amide bonds. The highest BCUT2D eigenvalue weighted by Crippen LogP contribution is 2.29. The van der Waals surface area contributed by atoms with Crippen LogP contribution < -0.4 is 10.9 Å². The fraction of sp³-hybridized carbons (Fsp3) is 0.333. The summed E-state index contributed by atoms with van der Waals surface area (Å²) in [6, 6.07) is 9.70. The Morgan fingerprint density at radius 2 is 2.13 bits per heavy atom. The normalized spacial score (nSPS) is 11.9. The van der Waals surface area contributed by atoms with Gasteiger partial charge in [0.1, 0.15) is 10.7 Å². The second-order valence-corrected chi connectivity index (χ2v) is 10.3. The summed E-state index contributed by atoms with van der Waals surface area (Å²) in [6.45, 7) is 5.75. The number of aromatic amines is 1. The summed E-state index contributed by atoms with van der Waals surface area (Å²) in [5.74, 6) is 1.58. The molecule has 9 heteroatoms. The fourth-order valence-electron chi connectivity index (χ4n) is 2.78. The quantitative estimate of drug-likeness (QED) is 0.369. The summed E-state index contributed by atoms with van der Waals surface area (Å²) >= 11 is 4.49. The number of thiophene rings is 1. The molecule has 1 aromatic carbocycles. The first-order valence-corrected chi connectivity index (χ1v) is 12.3. The molecule has 1 atom stereocenters. The van der Waals surface area contributed by atoms with Crippen LogP contribution in [-0.4, -0.2) is 26.9 Å². The summed E-state index contributed by atoms with van der Waals surface area (Å²) in [5.41, 5.74) is 1.59. The molecule has 0 aliphatic rings. The number of aryl methyl sites for hydroxylation is 2. The van der Waals surface area contributed by atoms with Crippen molar-refractivity contribution in [1.29, 1.82) is 5.26 Å². The molecule has 2 heterocycles. The summed E-state index contributed by atoms with van der Waals surface area (Å²) in [7, 11) is 0. The Morgan fingerprint density at radius 1 is 1.37 bits per heavy atom. The number of fused-ring (bicyclic) bond motifs is 1. The Kier molecular flexibility index (Phi) is 7.58.